The second-order valence-electron chi connectivity index (χ2n) is 9.85. The minimum atomic E-state index is -0.724. The van der Waals surface area contributed by atoms with Gasteiger partial charge in [0.05, 0.1) is 0 Å². The number of aliphatic hydroxyl groups excluding tert-OH is 3. The van der Waals surface area contributed by atoms with E-state index in [-0.39, 0.29) is 6.61 Å². The second-order valence-corrected chi connectivity index (χ2v) is 9.85. The lowest BCUT2D eigenvalue weighted by molar-refractivity contribution is 0.217. The average molecular weight is 485 g/mol. The number of allylic oxidation sites excluding steroid dienone is 1. The lowest BCUT2D eigenvalue weighted by atomic mass is 9.95. The van der Waals surface area contributed by atoms with Crippen molar-refractivity contribution < 1.29 is 15.3 Å². The van der Waals surface area contributed by atoms with Gasteiger partial charge in [0.25, 0.3) is 0 Å². The van der Waals surface area contributed by atoms with Gasteiger partial charge < -0.3 is 15.3 Å². The van der Waals surface area contributed by atoms with Crippen molar-refractivity contribution in [3.05, 3.63) is 12.2 Å². The molecule has 3 N–H and O–H groups in total. The predicted octanol–water partition coefficient (Wildman–Crippen LogP) is 6.94. The molecule has 3 heteroatoms. The van der Waals surface area contributed by atoms with Crippen LogP contribution in [0.1, 0.15) is 129 Å². The summed E-state index contributed by atoms with van der Waals surface area (Å²) in [7, 11) is 0. The van der Waals surface area contributed by atoms with E-state index in [2.05, 4.69) is 36.5 Å². The third-order valence-corrected chi connectivity index (χ3v) is 6.45. The van der Waals surface area contributed by atoms with Gasteiger partial charge >= 0.3 is 0 Å². The van der Waals surface area contributed by atoms with E-state index in [9.17, 15) is 10.2 Å². The highest BCUT2D eigenvalue weighted by Crippen LogP contribution is 2.19. The fraction of sp³-hybridized carbons (Fsp3) is 0.750. The first kappa shape index (κ1) is 33.3. The molecule has 0 heterocycles. The molecular weight excluding hydrogens is 432 g/mol. The Morgan fingerprint density at radius 1 is 0.686 bits per heavy atom. The zero-order valence-electron chi connectivity index (χ0n) is 22.4. The highest BCUT2D eigenvalue weighted by Gasteiger charge is 2.03. The van der Waals surface area contributed by atoms with E-state index in [4.69, 9.17) is 11.5 Å². The summed E-state index contributed by atoms with van der Waals surface area (Å²) in [6.45, 7) is 2.23. The van der Waals surface area contributed by atoms with Crippen molar-refractivity contribution in [3.8, 4) is 36.0 Å². The maximum Gasteiger partial charge on any atom is 0.133 e. The van der Waals surface area contributed by atoms with Crippen LogP contribution in [0.15, 0.2) is 12.2 Å². The Labute approximate surface area is 217 Å². The minimum Gasteiger partial charge on any atom is -0.384 e. The van der Waals surface area contributed by atoms with E-state index < -0.39 is 12.2 Å². The van der Waals surface area contributed by atoms with Crippen molar-refractivity contribution in [2.24, 2.45) is 5.92 Å². The number of hydrogen-bond acceptors (Lipinski definition) is 3. The van der Waals surface area contributed by atoms with Gasteiger partial charge in [-0.15, -0.1) is 6.42 Å². The summed E-state index contributed by atoms with van der Waals surface area (Å²) in [4.78, 5) is 0. The molecule has 0 bridgehead atoms. The molecule has 0 radical (unpaired) electrons. The number of rotatable bonds is 22. The summed E-state index contributed by atoms with van der Waals surface area (Å²) in [5.41, 5.74) is 0. The minimum absolute atomic E-state index is 0.187. The van der Waals surface area contributed by atoms with E-state index in [1.165, 1.54) is 96.3 Å². The van der Waals surface area contributed by atoms with Crippen molar-refractivity contribution in [2.45, 2.75) is 141 Å². The summed E-state index contributed by atoms with van der Waals surface area (Å²) in [5.74, 6) is 13.4. The Morgan fingerprint density at radius 3 is 1.69 bits per heavy atom. The van der Waals surface area contributed by atoms with Crippen LogP contribution in [-0.4, -0.2) is 34.1 Å². The van der Waals surface area contributed by atoms with Gasteiger partial charge in [-0.25, -0.2) is 0 Å². The zero-order valence-corrected chi connectivity index (χ0v) is 22.4. The van der Waals surface area contributed by atoms with Crippen molar-refractivity contribution >= 4 is 0 Å². The maximum atomic E-state index is 9.74. The van der Waals surface area contributed by atoms with E-state index >= 15 is 0 Å². The van der Waals surface area contributed by atoms with E-state index in [1.807, 2.05) is 6.08 Å². The molecule has 198 valence electrons. The van der Waals surface area contributed by atoms with Gasteiger partial charge in [0.1, 0.15) is 18.8 Å². The summed E-state index contributed by atoms with van der Waals surface area (Å²) in [6.07, 6.45) is 31.4. The van der Waals surface area contributed by atoms with E-state index in [0.717, 1.165) is 25.2 Å². The fourth-order valence-electron chi connectivity index (χ4n) is 4.23. The molecule has 0 aromatic carbocycles. The van der Waals surface area contributed by atoms with Crippen LogP contribution in [0.25, 0.3) is 0 Å². The first-order valence-corrected chi connectivity index (χ1v) is 14.2. The molecular formula is C32H52O3. The normalized spacial score (nSPS) is 13.3. The zero-order chi connectivity index (χ0) is 25.8. The van der Waals surface area contributed by atoms with Crippen LogP contribution in [-0.2, 0) is 0 Å². The molecule has 0 fully saturated rings. The molecule has 3 atom stereocenters. The van der Waals surface area contributed by atoms with Gasteiger partial charge in [0.2, 0.25) is 0 Å². The van der Waals surface area contributed by atoms with Crippen molar-refractivity contribution in [1.29, 1.82) is 0 Å². The van der Waals surface area contributed by atoms with E-state index in [1.54, 1.807) is 6.08 Å². The number of hydrogen-bond donors (Lipinski definition) is 3. The van der Waals surface area contributed by atoms with Gasteiger partial charge in [-0.2, -0.15) is 0 Å². The van der Waals surface area contributed by atoms with Crippen LogP contribution in [0, 0.1) is 41.9 Å². The molecule has 0 spiro atoms. The summed E-state index contributed by atoms with van der Waals surface area (Å²) >= 11 is 0. The highest BCUT2D eigenvalue weighted by molar-refractivity contribution is 5.27. The van der Waals surface area contributed by atoms with E-state index in [0.29, 0.717) is 6.42 Å². The molecule has 3 unspecified atom stereocenters. The maximum absolute atomic E-state index is 9.74. The SMILES string of the molecule is C#CC(O)/C=C/CCCCCCCCCCCC(C)CCCCCCCCC(O)C#CC#CCO. The largest absolute Gasteiger partial charge is 0.384 e. The van der Waals surface area contributed by atoms with Gasteiger partial charge in [-0.3, -0.25) is 0 Å². The van der Waals surface area contributed by atoms with Crippen LogP contribution >= 0.6 is 0 Å². The molecule has 0 aromatic rings. The lowest BCUT2D eigenvalue weighted by Crippen LogP contribution is -2.02. The Bertz CT molecular complexity index is 652. The van der Waals surface area contributed by atoms with Crippen LogP contribution in [0.5, 0.6) is 0 Å². The Morgan fingerprint density at radius 2 is 1.17 bits per heavy atom. The fourth-order valence-corrected chi connectivity index (χ4v) is 4.23. The number of terminal acetylenes is 1. The number of unbranched alkanes of at least 4 members (excludes halogenated alkanes) is 14. The second kappa shape index (κ2) is 26.9. The number of aliphatic hydroxyl groups is 3. The molecule has 0 rings (SSSR count). The summed E-state index contributed by atoms with van der Waals surface area (Å²) < 4.78 is 0. The molecule has 0 saturated heterocycles. The first-order chi connectivity index (χ1) is 17.1. The topological polar surface area (TPSA) is 60.7 Å². The molecule has 0 aliphatic carbocycles. The first-order valence-electron chi connectivity index (χ1n) is 14.2. The van der Waals surface area contributed by atoms with Crippen molar-refractivity contribution in [2.75, 3.05) is 6.61 Å². The molecule has 0 aliphatic heterocycles. The highest BCUT2D eigenvalue weighted by atomic mass is 16.3. The average Bonchev–Trinajstić information content (AvgIpc) is 2.86. The molecule has 0 saturated carbocycles. The summed E-state index contributed by atoms with van der Waals surface area (Å²) in [6, 6.07) is 0. The third-order valence-electron chi connectivity index (χ3n) is 6.45. The third kappa shape index (κ3) is 26.7. The van der Waals surface area contributed by atoms with Gasteiger partial charge in [0, 0.05) is 0 Å². The van der Waals surface area contributed by atoms with Crippen LogP contribution in [0.3, 0.4) is 0 Å². The van der Waals surface area contributed by atoms with Crippen molar-refractivity contribution in [1.82, 2.24) is 0 Å². The van der Waals surface area contributed by atoms with Gasteiger partial charge in [0.15, 0.2) is 0 Å². The predicted molar refractivity (Wildman–Crippen MR) is 150 cm³/mol. The molecule has 0 aromatic heterocycles. The monoisotopic (exact) mass is 484 g/mol. The Hall–Kier alpha value is -1.70. The smallest absolute Gasteiger partial charge is 0.133 e. The van der Waals surface area contributed by atoms with Gasteiger partial charge in [-0.05, 0) is 49.5 Å². The quantitative estimate of drug-likeness (QED) is 0.0885. The van der Waals surface area contributed by atoms with Crippen LogP contribution < -0.4 is 0 Å². The van der Waals surface area contributed by atoms with Crippen LogP contribution in [0.4, 0.5) is 0 Å². The lowest BCUT2D eigenvalue weighted by Gasteiger charge is -2.11. The van der Waals surface area contributed by atoms with Crippen LogP contribution in [0.2, 0.25) is 0 Å². The Kier molecular flexibility index (Phi) is 25.6. The standard InChI is InChI=1S/C32H52O3/c1-3-31(34)26-20-15-10-8-6-4-5-7-9-13-18-24-30(2)25-19-14-11-12-16-21-27-32(35)28-22-17-23-29-33/h1,20,26,30-35H,4-16,18-19,21,24-25,27,29H2,2H3/b26-20+. The molecule has 0 aliphatic rings. The van der Waals surface area contributed by atoms with Crippen molar-refractivity contribution in [3.63, 3.8) is 0 Å². The summed E-state index contributed by atoms with van der Waals surface area (Å²) in [5, 5.41) is 27.5. The molecule has 0 amide bonds. The Balaban J connectivity index is 3.34. The molecule has 35 heavy (non-hydrogen) atoms. The van der Waals surface area contributed by atoms with Gasteiger partial charge in [-0.1, -0.05) is 127 Å². The molecule has 3 nitrogen and oxygen atoms in total.